The Morgan fingerprint density at radius 2 is 1.44 bits per heavy atom. The molecule has 22 nitrogen and oxygen atoms in total. The lowest BCUT2D eigenvalue weighted by molar-refractivity contribution is -0.148. The van der Waals surface area contributed by atoms with Crippen molar-refractivity contribution in [2.75, 3.05) is 92.9 Å². The molecule has 1 unspecified atom stereocenters. The van der Waals surface area contributed by atoms with Crippen LogP contribution >= 0.6 is 0 Å². The van der Waals surface area contributed by atoms with Gasteiger partial charge in [-0.2, -0.15) is 0 Å². The molecule has 2 aromatic carbocycles. The number of anilines is 1. The number of aliphatic hydroxyl groups excluding tert-OH is 1. The molecule has 5 rings (SSSR count). The predicted octanol–water partition coefficient (Wildman–Crippen LogP) is 3.81. The summed E-state index contributed by atoms with van der Waals surface area (Å²) in [6.07, 6.45) is -0.0945. The number of methoxy groups -OCH3 is 2. The van der Waals surface area contributed by atoms with Gasteiger partial charge in [0.15, 0.2) is 0 Å². The molecule has 8 amide bonds. The van der Waals surface area contributed by atoms with E-state index in [-0.39, 0.29) is 84.4 Å². The molecule has 456 valence electrons. The quantitative estimate of drug-likeness (QED) is 0.0493. The summed E-state index contributed by atoms with van der Waals surface area (Å²) in [5.41, 5.74) is 1.50. The Hall–Kier alpha value is -5.88. The molecule has 11 atom stereocenters. The fourth-order valence-corrected chi connectivity index (χ4v) is 11.5. The Kier molecular flexibility index (Phi) is 26.3. The van der Waals surface area contributed by atoms with Crippen molar-refractivity contribution >= 4 is 52.9 Å². The van der Waals surface area contributed by atoms with Crippen LogP contribution in [0.3, 0.4) is 0 Å². The predicted molar refractivity (Wildman–Crippen MR) is 307 cm³/mol. The zero-order chi connectivity index (χ0) is 60.4. The number of aliphatic hydroxyl groups is 1. The van der Waals surface area contributed by atoms with Gasteiger partial charge in [0.25, 0.3) is 11.8 Å². The number of imide groups is 2. The van der Waals surface area contributed by atoms with Crippen LogP contribution < -0.4 is 21.3 Å². The van der Waals surface area contributed by atoms with Crippen LogP contribution in [0, 0.1) is 23.7 Å². The molecule has 3 aliphatic heterocycles. The van der Waals surface area contributed by atoms with Gasteiger partial charge < -0.3 is 54.5 Å². The lowest BCUT2D eigenvalue weighted by atomic mass is 9.89. The first kappa shape index (κ1) is 66.9. The Bertz CT molecular complexity index is 2460. The molecule has 3 heterocycles. The zero-order valence-electron chi connectivity index (χ0n) is 50.3. The summed E-state index contributed by atoms with van der Waals surface area (Å²) in [4.78, 5) is 114. The number of fused-ring (bicyclic) bond motifs is 1. The van der Waals surface area contributed by atoms with Gasteiger partial charge in [-0.25, -0.2) is 0 Å². The standard InChI is InChI=1S/C60H92N8O14/c1-13-38(6)52(46(78-11)35-48(70)67-27-18-23-44(67)54(79-12)39(7)55(72)62-40(8)53(71)41-19-15-14-16-20-41)66(10)60(77)50(36(2)3)64-57(74)51(37(4)5)65(9)28-30-81-32-34-82-33-31-80-29-26-61-43-22-17-21-42-49(43)59(76)68(58(42)75)45-24-25-47(69)63-56(45)73/h14-17,19-22,36-40,44-46,50-54,61,71H,13,18,23-35H2,1-12H3,(H,62,72)(H,64,74)(H,63,69,73)/t38-,39+,40+,44-,45?,46+,50-,51-,52-,53+,54+/m0/s1. The monoisotopic (exact) mass is 1150 g/mol. The molecule has 0 spiro atoms. The smallest absolute Gasteiger partial charge is 0.264 e. The van der Waals surface area contributed by atoms with E-state index in [1.54, 1.807) is 69.2 Å². The molecule has 0 bridgehead atoms. The first-order valence-corrected chi connectivity index (χ1v) is 29.1. The van der Waals surface area contributed by atoms with Crippen LogP contribution in [0.1, 0.15) is 126 Å². The van der Waals surface area contributed by atoms with E-state index in [0.29, 0.717) is 76.8 Å². The lowest BCUT2D eigenvalue weighted by Gasteiger charge is -2.41. The molecular weight excluding hydrogens is 1060 g/mol. The van der Waals surface area contributed by atoms with Gasteiger partial charge in [-0.3, -0.25) is 53.5 Å². The Labute approximate surface area is 484 Å². The number of piperidine rings is 1. The summed E-state index contributed by atoms with van der Waals surface area (Å²) in [5, 5.41) is 22.3. The molecule has 3 aliphatic rings. The molecule has 2 saturated heterocycles. The lowest BCUT2D eigenvalue weighted by Crippen LogP contribution is -2.60. The topological polar surface area (TPSA) is 264 Å². The van der Waals surface area contributed by atoms with E-state index >= 15 is 0 Å². The minimum Gasteiger partial charge on any atom is -0.386 e. The number of likely N-dealkylation sites (N-methyl/N-ethyl adjacent to an activating group) is 2. The van der Waals surface area contributed by atoms with Crippen molar-refractivity contribution in [3.8, 4) is 0 Å². The zero-order valence-corrected chi connectivity index (χ0v) is 50.3. The Morgan fingerprint density at radius 1 is 0.780 bits per heavy atom. The Balaban J connectivity index is 1.05. The van der Waals surface area contributed by atoms with Crippen molar-refractivity contribution in [2.24, 2.45) is 23.7 Å². The van der Waals surface area contributed by atoms with Crippen LogP contribution in [0.4, 0.5) is 5.69 Å². The SMILES string of the molecule is CC[C@H](C)[C@@H]([C@@H](CC(=O)N1CCC[C@H]1[C@H](OC)[C@@H](C)C(=O)N[C@H](C)[C@@H](O)c1ccccc1)OC)N(C)C(=O)[C@@H](NC(=O)[C@H](C(C)C)N(C)CCOCCOCCOCCNc1cccc2c1C(=O)N(C1CCC(=O)NC1=O)C2=O)C(C)C. The number of nitrogens with zero attached hydrogens (tertiary/aromatic N) is 4. The van der Waals surface area contributed by atoms with Gasteiger partial charge in [0.1, 0.15) is 12.1 Å². The molecule has 0 aromatic heterocycles. The van der Waals surface area contributed by atoms with Crippen LogP contribution in [0.25, 0.3) is 0 Å². The first-order valence-electron chi connectivity index (χ1n) is 29.1. The van der Waals surface area contributed by atoms with Gasteiger partial charge in [0.05, 0.1) is 106 Å². The minimum atomic E-state index is -1.05. The van der Waals surface area contributed by atoms with E-state index in [2.05, 4.69) is 21.3 Å². The highest BCUT2D eigenvalue weighted by Crippen LogP contribution is 2.33. The van der Waals surface area contributed by atoms with Crippen molar-refractivity contribution in [1.82, 2.24) is 35.6 Å². The number of carbonyl (C=O) groups excluding carboxylic acids is 8. The van der Waals surface area contributed by atoms with Gasteiger partial charge in [-0.05, 0) is 68.7 Å². The number of benzene rings is 2. The summed E-state index contributed by atoms with van der Waals surface area (Å²) in [6, 6.07) is 10.0. The van der Waals surface area contributed by atoms with Crippen molar-refractivity contribution in [3.05, 3.63) is 65.2 Å². The fraction of sp³-hybridized carbons (Fsp3) is 0.667. The van der Waals surface area contributed by atoms with E-state index < -0.39 is 78.1 Å². The maximum atomic E-state index is 14.7. The van der Waals surface area contributed by atoms with Gasteiger partial charge in [0.2, 0.25) is 35.4 Å². The average Bonchev–Trinajstić information content (AvgIpc) is 4.22. The van der Waals surface area contributed by atoms with Gasteiger partial charge in [-0.1, -0.05) is 91.3 Å². The third kappa shape index (κ3) is 17.1. The van der Waals surface area contributed by atoms with E-state index in [4.69, 9.17) is 23.7 Å². The second kappa shape index (κ2) is 32.3. The van der Waals surface area contributed by atoms with Crippen LogP contribution in [0.2, 0.25) is 0 Å². The summed E-state index contributed by atoms with van der Waals surface area (Å²) >= 11 is 0. The second-order valence-electron chi connectivity index (χ2n) is 22.6. The van der Waals surface area contributed by atoms with Crippen LogP contribution in [0.5, 0.6) is 0 Å². The second-order valence-corrected chi connectivity index (χ2v) is 22.6. The highest BCUT2D eigenvalue weighted by Gasteiger charge is 2.47. The minimum absolute atomic E-state index is 0.0235. The molecule has 0 saturated carbocycles. The number of hydrogen-bond acceptors (Lipinski definition) is 16. The maximum Gasteiger partial charge on any atom is 0.264 e. The van der Waals surface area contributed by atoms with E-state index in [9.17, 15) is 43.5 Å². The number of nitrogens with one attached hydrogen (secondary N) is 4. The van der Waals surface area contributed by atoms with Crippen LogP contribution in [-0.2, 0) is 52.5 Å². The number of rotatable bonds is 34. The molecular formula is C60H92N8O14. The van der Waals surface area contributed by atoms with Crippen molar-refractivity contribution in [1.29, 1.82) is 0 Å². The van der Waals surface area contributed by atoms with Crippen LogP contribution in [-0.4, -0.2) is 208 Å². The summed E-state index contributed by atoms with van der Waals surface area (Å²) in [6.45, 7) is 18.3. The summed E-state index contributed by atoms with van der Waals surface area (Å²) in [5.74, 6) is -4.46. The third-order valence-corrected chi connectivity index (χ3v) is 16.2. The van der Waals surface area contributed by atoms with E-state index in [1.807, 2.05) is 71.7 Å². The largest absolute Gasteiger partial charge is 0.386 e. The first-order chi connectivity index (χ1) is 39.1. The van der Waals surface area contributed by atoms with E-state index in [0.717, 1.165) is 11.3 Å². The normalized spacial score (nSPS) is 19.8. The summed E-state index contributed by atoms with van der Waals surface area (Å²) in [7, 11) is 6.64. The molecule has 0 aliphatic carbocycles. The number of ether oxygens (including phenoxy) is 5. The van der Waals surface area contributed by atoms with Crippen molar-refractivity contribution in [2.45, 2.75) is 148 Å². The highest BCUT2D eigenvalue weighted by atomic mass is 16.5. The third-order valence-electron chi connectivity index (χ3n) is 16.2. The molecule has 2 fully saturated rings. The molecule has 22 heteroatoms. The number of carbonyl (C=O) groups is 8. The maximum absolute atomic E-state index is 14.7. The number of amides is 8. The fourth-order valence-electron chi connectivity index (χ4n) is 11.5. The van der Waals surface area contributed by atoms with Gasteiger partial charge in [-0.15, -0.1) is 0 Å². The van der Waals surface area contributed by atoms with Crippen molar-refractivity contribution in [3.63, 3.8) is 0 Å². The highest BCUT2D eigenvalue weighted by molar-refractivity contribution is 6.25. The Morgan fingerprint density at radius 3 is 2.05 bits per heavy atom. The molecule has 0 radical (unpaired) electrons. The number of hydrogen-bond donors (Lipinski definition) is 5. The van der Waals surface area contributed by atoms with Crippen LogP contribution in [0.15, 0.2) is 48.5 Å². The summed E-state index contributed by atoms with van der Waals surface area (Å²) < 4.78 is 29.3. The molecule has 2 aromatic rings. The average molecular weight is 1150 g/mol. The number of likely N-dealkylation sites (tertiary alicyclic amines) is 1. The van der Waals surface area contributed by atoms with Gasteiger partial charge in [0, 0.05) is 53.0 Å². The van der Waals surface area contributed by atoms with E-state index in [1.165, 1.54) is 6.07 Å². The van der Waals surface area contributed by atoms with Gasteiger partial charge >= 0.3 is 0 Å². The molecule has 5 N–H and O–H groups in total. The molecule has 82 heavy (non-hydrogen) atoms. The van der Waals surface area contributed by atoms with Crippen molar-refractivity contribution < 1.29 is 67.1 Å².